The highest BCUT2D eigenvalue weighted by Gasteiger charge is 2.12. The van der Waals surface area contributed by atoms with Crippen LogP contribution in [0, 0.1) is 11.3 Å². The van der Waals surface area contributed by atoms with Gasteiger partial charge in [-0.3, -0.25) is 4.79 Å². The quantitative estimate of drug-likeness (QED) is 0.760. The number of nitrogens with one attached hydrogen (secondary N) is 1. The number of nitrogens with zero attached hydrogens (tertiary/aromatic N) is 3. The molecule has 0 atom stereocenters. The fraction of sp³-hybridized carbons (Fsp3) is 0.444. The maximum Gasteiger partial charge on any atom is 0.295 e. The van der Waals surface area contributed by atoms with E-state index in [2.05, 4.69) is 9.97 Å². The summed E-state index contributed by atoms with van der Waals surface area (Å²) >= 11 is 0. The van der Waals surface area contributed by atoms with Crippen molar-refractivity contribution in [3.63, 3.8) is 0 Å². The Morgan fingerprint density at radius 2 is 2.47 bits per heavy atom. The third kappa shape index (κ3) is 2.47. The molecule has 80 valence electrons. The Bertz CT molecular complexity index is 421. The SMILES string of the molecule is COc1c(N(C)CCC#N)nc[nH]c1=O. The Morgan fingerprint density at radius 3 is 3.07 bits per heavy atom. The maximum atomic E-state index is 11.3. The van der Waals surface area contributed by atoms with Crippen LogP contribution in [0.25, 0.3) is 0 Å². The van der Waals surface area contributed by atoms with Gasteiger partial charge in [0.15, 0.2) is 5.82 Å². The summed E-state index contributed by atoms with van der Waals surface area (Å²) in [5, 5.41) is 8.45. The van der Waals surface area contributed by atoms with Gasteiger partial charge >= 0.3 is 0 Å². The monoisotopic (exact) mass is 208 g/mol. The van der Waals surface area contributed by atoms with Crippen LogP contribution in [0.3, 0.4) is 0 Å². The van der Waals surface area contributed by atoms with Crippen LogP contribution in [-0.2, 0) is 0 Å². The van der Waals surface area contributed by atoms with Gasteiger partial charge in [-0.05, 0) is 0 Å². The molecule has 6 nitrogen and oxygen atoms in total. The van der Waals surface area contributed by atoms with Crippen LogP contribution < -0.4 is 15.2 Å². The molecule has 0 aliphatic heterocycles. The lowest BCUT2D eigenvalue weighted by Gasteiger charge is -2.17. The van der Waals surface area contributed by atoms with E-state index < -0.39 is 0 Å². The van der Waals surface area contributed by atoms with Crippen molar-refractivity contribution in [3.8, 4) is 11.8 Å². The minimum Gasteiger partial charge on any atom is -0.489 e. The summed E-state index contributed by atoms with van der Waals surface area (Å²) in [5.41, 5.74) is -0.327. The van der Waals surface area contributed by atoms with Crippen LogP contribution in [0.5, 0.6) is 5.75 Å². The molecule has 1 N–H and O–H groups in total. The van der Waals surface area contributed by atoms with Gasteiger partial charge in [0.1, 0.15) is 0 Å². The van der Waals surface area contributed by atoms with Gasteiger partial charge in [-0.15, -0.1) is 0 Å². The number of rotatable bonds is 4. The van der Waals surface area contributed by atoms with Crippen molar-refractivity contribution >= 4 is 5.82 Å². The molecule has 1 heterocycles. The molecule has 0 radical (unpaired) electrons. The normalized spacial score (nSPS) is 9.40. The lowest BCUT2D eigenvalue weighted by molar-refractivity contribution is 0.406. The molecule has 0 spiro atoms. The fourth-order valence-corrected chi connectivity index (χ4v) is 1.16. The smallest absolute Gasteiger partial charge is 0.295 e. The molecule has 0 amide bonds. The second-order valence-corrected chi connectivity index (χ2v) is 2.92. The van der Waals surface area contributed by atoms with Crippen molar-refractivity contribution in [1.29, 1.82) is 5.26 Å². The summed E-state index contributed by atoms with van der Waals surface area (Å²) < 4.78 is 4.95. The van der Waals surface area contributed by atoms with Gasteiger partial charge in [-0.25, -0.2) is 4.98 Å². The molecule has 0 bridgehead atoms. The number of aromatic amines is 1. The van der Waals surface area contributed by atoms with Crippen LogP contribution in [0.1, 0.15) is 6.42 Å². The maximum absolute atomic E-state index is 11.3. The zero-order valence-corrected chi connectivity index (χ0v) is 8.65. The molecule has 0 aromatic carbocycles. The zero-order valence-electron chi connectivity index (χ0n) is 8.65. The van der Waals surface area contributed by atoms with Gasteiger partial charge in [0, 0.05) is 13.6 Å². The molecule has 0 unspecified atom stereocenters. The van der Waals surface area contributed by atoms with Gasteiger partial charge in [0.25, 0.3) is 5.56 Å². The predicted molar refractivity (Wildman–Crippen MR) is 54.9 cm³/mol. The molecule has 6 heteroatoms. The highest BCUT2D eigenvalue weighted by atomic mass is 16.5. The van der Waals surface area contributed by atoms with Crippen LogP contribution in [-0.4, -0.2) is 30.7 Å². The van der Waals surface area contributed by atoms with Gasteiger partial charge in [0.2, 0.25) is 5.75 Å². The summed E-state index contributed by atoms with van der Waals surface area (Å²) in [5.74, 6) is 0.606. The molecule has 0 fully saturated rings. The van der Waals surface area contributed by atoms with Crippen LogP contribution >= 0.6 is 0 Å². The topological polar surface area (TPSA) is 82.0 Å². The lowest BCUT2D eigenvalue weighted by Crippen LogP contribution is -2.23. The molecular formula is C9H12N4O2. The molecular weight excluding hydrogens is 196 g/mol. The van der Waals surface area contributed by atoms with Gasteiger partial charge < -0.3 is 14.6 Å². The summed E-state index contributed by atoms with van der Waals surface area (Å²) in [4.78, 5) is 19.5. The Kier molecular flexibility index (Phi) is 3.68. The number of hydrogen-bond donors (Lipinski definition) is 1. The number of methoxy groups -OCH3 is 1. The van der Waals surface area contributed by atoms with Crippen molar-refractivity contribution in [2.24, 2.45) is 0 Å². The number of H-pyrrole nitrogens is 1. The summed E-state index contributed by atoms with van der Waals surface area (Å²) in [6.45, 7) is 0.503. The third-order valence-electron chi connectivity index (χ3n) is 1.92. The Labute approximate surface area is 87.1 Å². The van der Waals surface area contributed by atoms with E-state index in [1.54, 1.807) is 11.9 Å². The van der Waals surface area contributed by atoms with E-state index in [1.807, 2.05) is 6.07 Å². The van der Waals surface area contributed by atoms with Gasteiger partial charge in [-0.2, -0.15) is 5.26 Å². The molecule has 0 aliphatic rings. The molecule has 0 saturated heterocycles. The van der Waals surface area contributed by atoms with Crippen molar-refractivity contribution in [3.05, 3.63) is 16.7 Å². The molecule has 15 heavy (non-hydrogen) atoms. The fourth-order valence-electron chi connectivity index (χ4n) is 1.16. The second kappa shape index (κ2) is 5.00. The number of nitriles is 1. The van der Waals surface area contributed by atoms with E-state index in [4.69, 9.17) is 10.00 Å². The van der Waals surface area contributed by atoms with Crippen molar-refractivity contribution in [1.82, 2.24) is 9.97 Å². The molecule has 1 rings (SSSR count). The summed E-state index contributed by atoms with van der Waals surface area (Å²) in [6.07, 6.45) is 1.68. The van der Waals surface area contributed by atoms with Gasteiger partial charge in [-0.1, -0.05) is 0 Å². The predicted octanol–water partition coefficient (Wildman–Crippen LogP) is 0.128. The van der Waals surface area contributed by atoms with Crippen LogP contribution in [0.2, 0.25) is 0 Å². The highest BCUT2D eigenvalue weighted by molar-refractivity contribution is 5.49. The Hall–Kier alpha value is -2.03. The standard InChI is InChI=1S/C9H12N4O2/c1-13(5-3-4-10)8-7(15-2)9(14)12-6-11-8/h6H,3,5H2,1-2H3,(H,11,12,14). The van der Waals surface area contributed by atoms with E-state index in [-0.39, 0.29) is 11.3 Å². The first-order valence-electron chi connectivity index (χ1n) is 4.40. The molecule has 0 saturated carbocycles. The highest BCUT2D eigenvalue weighted by Crippen LogP contribution is 2.18. The second-order valence-electron chi connectivity index (χ2n) is 2.92. The van der Waals surface area contributed by atoms with E-state index in [0.717, 1.165) is 0 Å². The van der Waals surface area contributed by atoms with Crippen LogP contribution in [0.4, 0.5) is 5.82 Å². The number of anilines is 1. The van der Waals surface area contributed by atoms with E-state index in [1.165, 1.54) is 13.4 Å². The summed E-state index contributed by atoms with van der Waals surface area (Å²) in [7, 11) is 3.16. The van der Waals surface area contributed by atoms with Crippen molar-refractivity contribution < 1.29 is 4.74 Å². The average Bonchev–Trinajstić information content (AvgIpc) is 2.25. The zero-order chi connectivity index (χ0) is 11.3. The molecule has 1 aromatic rings. The van der Waals surface area contributed by atoms with E-state index >= 15 is 0 Å². The summed E-state index contributed by atoms with van der Waals surface area (Å²) in [6, 6.07) is 2.02. The van der Waals surface area contributed by atoms with Crippen LogP contribution in [0.15, 0.2) is 11.1 Å². The number of hydrogen-bond acceptors (Lipinski definition) is 5. The van der Waals surface area contributed by atoms with Crippen molar-refractivity contribution in [2.45, 2.75) is 6.42 Å². The Morgan fingerprint density at radius 1 is 1.73 bits per heavy atom. The average molecular weight is 208 g/mol. The van der Waals surface area contributed by atoms with Crippen molar-refractivity contribution in [2.75, 3.05) is 25.6 Å². The first kappa shape index (κ1) is 11.0. The van der Waals surface area contributed by atoms with E-state index in [9.17, 15) is 4.79 Å². The largest absolute Gasteiger partial charge is 0.489 e. The third-order valence-corrected chi connectivity index (χ3v) is 1.92. The van der Waals surface area contributed by atoms with E-state index in [0.29, 0.717) is 18.8 Å². The number of aromatic nitrogens is 2. The first-order valence-corrected chi connectivity index (χ1v) is 4.40. The van der Waals surface area contributed by atoms with Gasteiger partial charge in [0.05, 0.1) is 25.9 Å². The molecule has 0 aliphatic carbocycles. The number of ether oxygens (including phenoxy) is 1. The Balaban J connectivity index is 2.98. The first-order chi connectivity index (χ1) is 7.20. The minimum atomic E-state index is -0.327. The lowest BCUT2D eigenvalue weighted by atomic mass is 10.4. The molecule has 1 aromatic heterocycles. The minimum absolute atomic E-state index is 0.165.